The second kappa shape index (κ2) is 43.4. The third kappa shape index (κ3) is 28.9. The van der Waals surface area contributed by atoms with Crippen LogP contribution in [0.3, 0.4) is 0 Å². The van der Waals surface area contributed by atoms with Crippen molar-refractivity contribution in [1.29, 1.82) is 10.5 Å². The van der Waals surface area contributed by atoms with Crippen LogP contribution in [-0.2, 0) is 73.6 Å². The Bertz CT molecular complexity index is 2100. The standard InChI is InChI=1S/C43H67N3.C12H8N2O4.2CHNS.Ru/c1-4-7-10-13-16-19-22-25-38-28-30-41(31-29-38)46(42-36-39(32-34-44-42)26-23-20-17-14-11-8-5-2)43-37-40(33-35-45-43)27-24-21-18-15-12-9-6-3;15-7-17-9-1-3-13-11(5-9)12-6-10(18-8-16)2-4-14-12;2*2-1-3;/h28-37H,4-27H2,1-3H3;1-8H;2*3H;/q;;;;+2/p-2. The zero-order valence-corrected chi connectivity index (χ0v) is 45.7. The van der Waals surface area contributed by atoms with Gasteiger partial charge >= 0.3 is 19.5 Å². The molecule has 0 aliphatic carbocycles. The van der Waals surface area contributed by atoms with Crippen LogP contribution in [0.25, 0.3) is 11.4 Å². The number of hydrogen-bond acceptors (Lipinski definition) is 13. The first-order valence-corrected chi connectivity index (χ1v) is 26.2. The molecule has 382 valence electrons. The maximum Gasteiger partial charge on any atom is 2.00 e. The fraction of sp³-hybridized carbons (Fsp3) is 0.474. The number of anilines is 3. The Morgan fingerprint density at radius 3 is 1.14 bits per heavy atom. The minimum absolute atomic E-state index is 0. The van der Waals surface area contributed by atoms with Crippen molar-refractivity contribution in [2.45, 2.75) is 175 Å². The van der Waals surface area contributed by atoms with E-state index in [0.717, 1.165) is 36.6 Å². The Kier molecular flexibility index (Phi) is 38.9. The van der Waals surface area contributed by atoms with Crippen LogP contribution in [0.1, 0.15) is 172 Å². The molecule has 0 radical (unpaired) electrons. The normalized spacial score (nSPS) is 9.93. The number of carbonyl (C=O) groups is 2. The summed E-state index contributed by atoms with van der Waals surface area (Å²) in [5.41, 5.74) is 6.33. The number of hydrogen-bond donors (Lipinski definition) is 0. The number of aromatic nitrogens is 4. The van der Waals surface area contributed by atoms with E-state index < -0.39 is 0 Å². The number of nitrogens with zero attached hydrogens (tertiary/aromatic N) is 7. The van der Waals surface area contributed by atoms with E-state index in [2.05, 4.69) is 109 Å². The van der Waals surface area contributed by atoms with Crippen molar-refractivity contribution in [3.8, 4) is 33.7 Å². The fourth-order valence-electron chi connectivity index (χ4n) is 7.89. The van der Waals surface area contributed by atoms with E-state index in [4.69, 9.17) is 30.0 Å². The largest absolute Gasteiger partial charge is 2.00 e. The average molecular weight is 1090 g/mol. The predicted octanol–water partition coefficient (Wildman–Crippen LogP) is 15.1. The SMILES string of the molecule is CCCCCCCCCc1ccc(N(c2cc(CCCCCCCCC)ccn2)c2cc(CCCCCCCCC)ccn2)cc1.N#C[S-].N#C[S-].O=COc1ccnc(-c2cc(OC=O)ccn2)c1.[Ru+2]. The molecule has 0 fully saturated rings. The van der Waals surface area contributed by atoms with Gasteiger partial charge in [0.05, 0.1) is 11.4 Å². The minimum Gasteiger partial charge on any atom is -0.696 e. The van der Waals surface area contributed by atoms with Gasteiger partial charge in [0.15, 0.2) is 0 Å². The van der Waals surface area contributed by atoms with Gasteiger partial charge in [0.2, 0.25) is 0 Å². The Morgan fingerprint density at radius 2 is 0.789 bits per heavy atom. The first-order valence-electron chi connectivity index (χ1n) is 25.4. The first kappa shape index (κ1) is 63.6. The molecule has 5 rings (SSSR count). The topological polar surface area (TPSA) is 155 Å². The van der Waals surface area contributed by atoms with Crippen molar-refractivity contribution < 1.29 is 38.5 Å². The van der Waals surface area contributed by atoms with Crippen molar-refractivity contribution in [1.82, 2.24) is 19.9 Å². The van der Waals surface area contributed by atoms with E-state index in [0.29, 0.717) is 35.8 Å². The number of benzene rings is 1. The molecule has 0 aliphatic rings. The molecule has 0 spiro atoms. The van der Waals surface area contributed by atoms with E-state index in [1.807, 2.05) is 12.4 Å². The van der Waals surface area contributed by atoms with Gasteiger partial charge in [-0.3, -0.25) is 24.5 Å². The van der Waals surface area contributed by atoms with Crippen LogP contribution in [-0.4, -0.2) is 32.9 Å². The fourth-order valence-corrected chi connectivity index (χ4v) is 7.89. The molecule has 0 aliphatic heterocycles. The smallest absolute Gasteiger partial charge is 0.696 e. The zero-order chi connectivity index (χ0) is 50.7. The van der Waals surface area contributed by atoms with Gasteiger partial charge in [-0.25, -0.2) is 20.5 Å². The van der Waals surface area contributed by atoms with Crippen molar-refractivity contribution in [3.05, 3.63) is 114 Å². The molecule has 4 aromatic heterocycles. The molecule has 14 heteroatoms. The summed E-state index contributed by atoms with van der Waals surface area (Å²) in [7, 11) is 0. The summed E-state index contributed by atoms with van der Waals surface area (Å²) in [5, 5.41) is 16.9. The first-order chi connectivity index (χ1) is 34.4. The molecule has 0 unspecified atom stereocenters. The van der Waals surface area contributed by atoms with Crippen molar-refractivity contribution in [2.75, 3.05) is 4.90 Å². The van der Waals surface area contributed by atoms with Crippen LogP contribution in [0, 0.1) is 21.3 Å². The molecular weight excluding hydrogens is 1010 g/mol. The molecule has 0 saturated heterocycles. The maximum atomic E-state index is 10.2. The Balaban J connectivity index is 0.000000830. The van der Waals surface area contributed by atoms with Crippen LogP contribution in [0.2, 0.25) is 0 Å². The predicted molar refractivity (Wildman–Crippen MR) is 289 cm³/mol. The number of carbonyl (C=O) groups excluding carboxylic acids is 2. The second-order valence-electron chi connectivity index (χ2n) is 17.0. The van der Waals surface area contributed by atoms with Crippen LogP contribution in [0.5, 0.6) is 11.5 Å². The summed E-state index contributed by atoms with van der Waals surface area (Å²) in [6, 6.07) is 24.4. The minimum atomic E-state index is 0. The van der Waals surface area contributed by atoms with Gasteiger partial charge in [-0.1, -0.05) is 159 Å². The summed E-state index contributed by atoms with van der Waals surface area (Å²) in [5.74, 6) is 2.67. The number of pyridine rings is 4. The van der Waals surface area contributed by atoms with E-state index in [-0.39, 0.29) is 19.5 Å². The molecule has 71 heavy (non-hydrogen) atoms. The van der Waals surface area contributed by atoms with E-state index >= 15 is 0 Å². The molecule has 5 aromatic rings. The molecule has 0 saturated carbocycles. The molecule has 0 amide bonds. The van der Waals surface area contributed by atoms with Crippen LogP contribution >= 0.6 is 0 Å². The van der Waals surface area contributed by atoms with Crippen molar-refractivity contribution in [2.24, 2.45) is 0 Å². The molecule has 4 heterocycles. The quantitative estimate of drug-likeness (QED) is 0.0132. The third-order valence-corrected chi connectivity index (χ3v) is 11.6. The monoisotopic (exact) mass is 1090 g/mol. The number of nitriles is 2. The van der Waals surface area contributed by atoms with E-state index in [1.54, 1.807) is 24.3 Å². The van der Waals surface area contributed by atoms with Crippen LogP contribution in [0.15, 0.2) is 97.6 Å². The van der Waals surface area contributed by atoms with Crippen LogP contribution < -0.4 is 14.4 Å². The Morgan fingerprint density at radius 1 is 0.465 bits per heavy atom. The molecule has 0 N–H and O–H groups in total. The number of unbranched alkanes of at least 4 members (excludes halogenated alkanes) is 18. The maximum absolute atomic E-state index is 10.2. The zero-order valence-electron chi connectivity index (χ0n) is 42.3. The van der Waals surface area contributed by atoms with Crippen molar-refractivity contribution >= 4 is 55.5 Å². The van der Waals surface area contributed by atoms with Gasteiger partial charge in [-0.2, -0.15) is 0 Å². The molecule has 11 nitrogen and oxygen atoms in total. The number of thiocyanates is 2. The third-order valence-electron chi connectivity index (χ3n) is 11.6. The number of ether oxygens (including phenoxy) is 2. The molecular formula is C57H75N7O4RuS2. The van der Waals surface area contributed by atoms with Gasteiger partial charge in [0.25, 0.3) is 12.9 Å². The molecule has 0 bridgehead atoms. The summed E-state index contributed by atoms with van der Waals surface area (Å²) in [6.07, 6.45) is 38.5. The number of aryl methyl sites for hydroxylation is 3. The van der Waals surface area contributed by atoms with Gasteiger partial charge in [0.1, 0.15) is 23.1 Å². The van der Waals surface area contributed by atoms with Gasteiger partial charge < -0.3 is 34.7 Å². The average Bonchev–Trinajstić information content (AvgIpc) is 3.37. The summed E-state index contributed by atoms with van der Waals surface area (Å²) in [4.78, 5) is 40.8. The summed E-state index contributed by atoms with van der Waals surface area (Å²) >= 11 is 7.40. The summed E-state index contributed by atoms with van der Waals surface area (Å²) in [6.45, 7) is 7.53. The summed E-state index contributed by atoms with van der Waals surface area (Å²) < 4.78 is 9.42. The van der Waals surface area contributed by atoms with Crippen molar-refractivity contribution in [3.63, 3.8) is 0 Å². The molecule has 0 atom stereocenters. The molecule has 1 aromatic carbocycles. The second-order valence-corrected chi connectivity index (χ2v) is 17.4. The number of rotatable bonds is 32. The van der Waals surface area contributed by atoms with E-state index in [9.17, 15) is 9.59 Å². The van der Waals surface area contributed by atoms with Gasteiger partial charge in [-0.05, 0) is 104 Å². The van der Waals surface area contributed by atoms with Gasteiger partial charge in [0, 0.05) is 42.6 Å². The Hall–Kier alpha value is -5.40. The van der Waals surface area contributed by atoms with E-state index in [1.165, 1.54) is 175 Å². The van der Waals surface area contributed by atoms with Gasteiger partial charge in [-0.15, -0.1) is 0 Å². The Labute approximate surface area is 449 Å². The van der Waals surface area contributed by atoms with Crippen LogP contribution in [0.4, 0.5) is 17.3 Å².